The molecule has 0 saturated carbocycles. The summed E-state index contributed by atoms with van der Waals surface area (Å²) in [6, 6.07) is 11.8. The van der Waals surface area contributed by atoms with Crippen molar-refractivity contribution in [2.24, 2.45) is 0 Å². The van der Waals surface area contributed by atoms with E-state index < -0.39 is 8.07 Å². The van der Waals surface area contributed by atoms with Crippen molar-refractivity contribution in [3.8, 4) is 23.5 Å². The second-order valence-corrected chi connectivity index (χ2v) is 14.0. The van der Waals surface area contributed by atoms with E-state index >= 15 is 0 Å². The van der Waals surface area contributed by atoms with E-state index in [-0.39, 0.29) is 0 Å². The lowest BCUT2D eigenvalue weighted by Gasteiger charge is -2.38. The molecule has 4 nitrogen and oxygen atoms in total. The molecule has 1 aromatic carbocycles. The average molecular weight is 401 g/mol. The minimum absolute atomic E-state index is 0.561. The van der Waals surface area contributed by atoms with Gasteiger partial charge >= 0.3 is 0 Å². The van der Waals surface area contributed by atoms with Gasteiger partial charge < -0.3 is 0 Å². The van der Waals surface area contributed by atoms with Crippen LogP contribution in [0.25, 0.3) is 16.9 Å². The molecule has 0 N–H and O–H groups in total. The van der Waals surface area contributed by atoms with Crippen molar-refractivity contribution in [2.45, 2.75) is 58.2 Å². The SMILES string of the molecule is CC(C)[Si](C#Cc1cc2cc(C#N)ccc2n1-c1ncccn1)(C(C)C)C(C)C. The van der Waals surface area contributed by atoms with Crippen LogP contribution in [-0.2, 0) is 0 Å². The molecule has 0 aliphatic carbocycles. The van der Waals surface area contributed by atoms with E-state index in [0.29, 0.717) is 28.1 Å². The number of hydrogen-bond acceptors (Lipinski definition) is 3. The van der Waals surface area contributed by atoms with Crippen molar-refractivity contribution in [1.29, 1.82) is 5.26 Å². The highest BCUT2D eigenvalue weighted by Gasteiger charge is 2.41. The largest absolute Gasteiger partial charge is 0.271 e. The number of rotatable bonds is 4. The first-order valence-electron chi connectivity index (χ1n) is 10.2. The molecule has 2 heterocycles. The zero-order valence-electron chi connectivity index (χ0n) is 18.1. The second-order valence-electron chi connectivity index (χ2n) is 8.45. The van der Waals surface area contributed by atoms with Gasteiger partial charge in [0.2, 0.25) is 5.95 Å². The van der Waals surface area contributed by atoms with Crippen molar-refractivity contribution in [3.63, 3.8) is 0 Å². The molecule has 0 aliphatic rings. The first kappa shape index (κ1) is 20.8. The van der Waals surface area contributed by atoms with Crippen molar-refractivity contribution in [2.75, 3.05) is 0 Å². The van der Waals surface area contributed by atoms with E-state index in [1.54, 1.807) is 12.4 Å². The average Bonchev–Trinajstić information content (AvgIpc) is 3.05. The molecule has 148 valence electrons. The van der Waals surface area contributed by atoms with Gasteiger partial charge in [0.25, 0.3) is 0 Å². The van der Waals surface area contributed by atoms with Crippen molar-refractivity contribution in [1.82, 2.24) is 14.5 Å². The molecular weight excluding hydrogens is 372 g/mol. The number of nitrogens with zero attached hydrogens (tertiary/aromatic N) is 4. The summed E-state index contributed by atoms with van der Waals surface area (Å²) in [5.41, 5.74) is 7.95. The van der Waals surface area contributed by atoms with E-state index in [1.165, 1.54) is 0 Å². The van der Waals surface area contributed by atoms with Crippen molar-refractivity contribution < 1.29 is 0 Å². The molecule has 0 radical (unpaired) electrons. The molecule has 29 heavy (non-hydrogen) atoms. The van der Waals surface area contributed by atoms with Crippen LogP contribution in [0.1, 0.15) is 52.8 Å². The van der Waals surface area contributed by atoms with E-state index in [9.17, 15) is 5.26 Å². The highest BCUT2D eigenvalue weighted by Crippen LogP contribution is 2.40. The van der Waals surface area contributed by atoms with Crippen molar-refractivity contribution in [3.05, 3.63) is 54.0 Å². The van der Waals surface area contributed by atoms with Crippen LogP contribution < -0.4 is 0 Å². The Bertz CT molecular complexity index is 1090. The van der Waals surface area contributed by atoms with Crippen LogP contribution in [0.3, 0.4) is 0 Å². The monoisotopic (exact) mass is 400 g/mol. The molecular formula is C24H28N4Si. The fourth-order valence-electron chi connectivity index (χ4n) is 4.60. The summed E-state index contributed by atoms with van der Waals surface area (Å²) in [5.74, 6) is 4.13. The first-order valence-corrected chi connectivity index (χ1v) is 12.4. The lowest BCUT2D eigenvalue weighted by molar-refractivity contribution is 0.838. The summed E-state index contributed by atoms with van der Waals surface area (Å²) in [6.45, 7) is 13.9. The number of fused-ring (bicyclic) bond motifs is 1. The Hall–Kier alpha value is -2.89. The molecule has 3 aromatic rings. The summed E-state index contributed by atoms with van der Waals surface area (Å²) in [6.07, 6.45) is 3.48. The first-order chi connectivity index (χ1) is 13.8. The molecule has 3 rings (SSSR count). The number of hydrogen-bond donors (Lipinski definition) is 0. The van der Waals surface area contributed by atoms with Crippen LogP contribution in [0.15, 0.2) is 42.7 Å². The van der Waals surface area contributed by atoms with Gasteiger partial charge in [0, 0.05) is 17.8 Å². The quantitative estimate of drug-likeness (QED) is 0.407. The molecule has 0 bridgehead atoms. The smallest absolute Gasteiger partial charge is 0.235 e. The Morgan fingerprint density at radius 2 is 1.55 bits per heavy atom. The van der Waals surface area contributed by atoms with Crippen LogP contribution >= 0.6 is 0 Å². The molecule has 0 fully saturated rings. The lowest BCUT2D eigenvalue weighted by atomic mass is 10.2. The van der Waals surface area contributed by atoms with Crippen LogP contribution in [-0.4, -0.2) is 22.6 Å². The van der Waals surface area contributed by atoms with Gasteiger partial charge in [0.15, 0.2) is 0 Å². The molecule has 2 aromatic heterocycles. The van der Waals surface area contributed by atoms with E-state index in [1.807, 2.05) is 28.8 Å². The van der Waals surface area contributed by atoms with Gasteiger partial charge in [-0.1, -0.05) is 47.5 Å². The zero-order chi connectivity index (χ0) is 21.2. The number of aromatic nitrogens is 3. The normalized spacial score (nSPS) is 11.7. The van der Waals surface area contributed by atoms with E-state index in [4.69, 9.17) is 0 Å². The van der Waals surface area contributed by atoms with Gasteiger partial charge in [-0.25, -0.2) is 9.97 Å². The zero-order valence-corrected chi connectivity index (χ0v) is 19.1. The van der Waals surface area contributed by atoms with Crippen LogP contribution in [0, 0.1) is 22.8 Å². The fourth-order valence-corrected chi connectivity index (χ4v) is 9.81. The van der Waals surface area contributed by atoms with Gasteiger partial charge in [-0.3, -0.25) is 4.57 Å². The summed E-state index contributed by atoms with van der Waals surface area (Å²) >= 11 is 0. The van der Waals surface area contributed by atoms with Gasteiger partial charge in [-0.15, -0.1) is 5.54 Å². The Morgan fingerprint density at radius 3 is 2.10 bits per heavy atom. The highest BCUT2D eigenvalue weighted by atomic mass is 28.3. The van der Waals surface area contributed by atoms with Gasteiger partial charge in [0.05, 0.1) is 22.8 Å². The maximum Gasteiger partial charge on any atom is 0.235 e. The predicted octanol–water partition coefficient (Wildman–Crippen LogP) is 5.86. The Kier molecular flexibility index (Phi) is 5.91. The Morgan fingerprint density at radius 1 is 0.931 bits per heavy atom. The molecule has 0 saturated heterocycles. The highest BCUT2D eigenvalue weighted by molar-refractivity contribution is 6.90. The van der Waals surface area contributed by atoms with E-state index in [2.05, 4.69) is 75.1 Å². The third-order valence-electron chi connectivity index (χ3n) is 5.96. The summed E-state index contributed by atoms with van der Waals surface area (Å²) < 4.78 is 2.00. The maximum absolute atomic E-state index is 9.28. The molecule has 0 atom stereocenters. The second kappa shape index (κ2) is 8.23. The fraction of sp³-hybridized carbons (Fsp3) is 0.375. The number of nitriles is 1. The van der Waals surface area contributed by atoms with E-state index in [0.717, 1.165) is 16.6 Å². The summed E-state index contributed by atoms with van der Waals surface area (Å²) in [7, 11) is -1.87. The Balaban J connectivity index is 2.28. The predicted molar refractivity (Wildman–Crippen MR) is 122 cm³/mol. The summed E-state index contributed by atoms with van der Waals surface area (Å²) in [4.78, 5) is 8.91. The van der Waals surface area contributed by atoms with Crippen LogP contribution in [0.2, 0.25) is 16.6 Å². The standard InChI is InChI=1S/C24H28N4Si/c1-17(2)29(18(3)4,19(5)6)13-10-22-15-21-14-20(16-25)8-9-23(21)28(22)24-26-11-7-12-27-24/h7-9,11-12,14-15,17-19H,1-6H3. The third kappa shape index (κ3) is 3.71. The lowest BCUT2D eigenvalue weighted by Crippen LogP contribution is -2.43. The minimum Gasteiger partial charge on any atom is -0.271 e. The molecule has 5 heteroatoms. The van der Waals surface area contributed by atoms with Gasteiger partial charge in [-0.05, 0) is 47.0 Å². The molecule has 0 amide bonds. The molecule has 0 aliphatic heterocycles. The van der Waals surface area contributed by atoms with Gasteiger partial charge in [0.1, 0.15) is 8.07 Å². The third-order valence-corrected chi connectivity index (χ3v) is 12.2. The van der Waals surface area contributed by atoms with Crippen molar-refractivity contribution >= 4 is 19.0 Å². The number of benzene rings is 1. The summed E-state index contributed by atoms with van der Waals surface area (Å²) in [5, 5.41) is 10.3. The maximum atomic E-state index is 9.28. The molecule has 0 spiro atoms. The molecule has 0 unspecified atom stereocenters. The van der Waals surface area contributed by atoms with Crippen LogP contribution in [0.5, 0.6) is 0 Å². The van der Waals surface area contributed by atoms with Gasteiger partial charge in [-0.2, -0.15) is 5.26 Å². The Labute approximate surface area is 174 Å². The van der Waals surface area contributed by atoms with Crippen LogP contribution in [0.4, 0.5) is 0 Å². The topological polar surface area (TPSA) is 54.5 Å². The minimum atomic E-state index is -1.87.